The Hall–Kier alpha value is -4.87. The SMILES string of the molecule is Cc1c(Oc2cccc(C3=NCCN3C)c2)nc(Oc2cc(C(=N)N)ccc2O)c(F)c1NC1CCC(C(=O)O)CC1. The molecule has 1 saturated carbocycles. The van der Waals surface area contributed by atoms with Gasteiger partial charge in [0.15, 0.2) is 11.5 Å². The third-order valence-electron chi connectivity index (χ3n) is 7.57. The Morgan fingerprint density at radius 2 is 1.90 bits per heavy atom. The molecule has 0 saturated heterocycles. The summed E-state index contributed by atoms with van der Waals surface area (Å²) in [6, 6.07) is 11.2. The van der Waals surface area contributed by atoms with Gasteiger partial charge in [0.2, 0.25) is 11.7 Å². The van der Waals surface area contributed by atoms with E-state index in [4.69, 9.17) is 20.6 Å². The van der Waals surface area contributed by atoms with Gasteiger partial charge in [-0.15, -0.1) is 0 Å². The topological polar surface area (TPSA) is 166 Å². The highest BCUT2D eigenvalue weighted by molar-refractivity contribution is 6.00. The van der Waals surface area contributed by atoms with Gasteiger partial charge in [-0.05, 0) is 62.9 Å². The number of aliphatic imine (C=N–C) groups is 1. The standard InChI is InChI=1S/C30H33FN6O5/c1-16-25(35-20-9-6-17(7-10-20)30(39)40)24(31)29(42-23-15-18(26(32)33)8-11-22(23)38)36-28(16)41-21-5-3-4-19(14-21)27-34-12-13-37(27)2/h3-5,8,11,14-15,17,20,38H,6-7,9-10,12-13H2,1-2H3,(H3,32,33)(H,35,36)(H,39,40). The number of pyridine rings is 1. The molecule has 1 aromatic heterocycles. The molecule has 1 aliphatic heterocycles. The number of aromatic nitrogens is 1. The number of nitrogens with zero attached hydrogens (tertiary/aromatic N) is 3. The number of hydrogen-bond acceptors (Lipinski definition) is 9. The number of carbonyl (C=O) groups is 1. The molecule has 2 aliphatic rings. The lowest BCUT2D eigenvalue weighted by Crippen LogP contribution is -2.30. The van der Waals surface area contributed by atoms with Crippen LogP contribution in [0.5, 0.6) is 29.0 Å². The van der Waals surface area contributed by atoms with Gasteiger partial charge >= 0.3 is 5.97 Å². The van der Waals surface area contributed by atoms with E-state index in [1.807, 2.05) is 25.2 Å². The van der Waals surface area contributed by atoms with E-state index in [1.165, 1.54) is 18.2 Å². The number of benzene rings is 2. The number of amidine groups is 2. The Morgan fingerprint density at radius 3 is 2.57 bits per heavy atom. The largest absolute Gasteiger partial charge is 0.504 e. The molecule has 0 spiro atoms. The van der Waals surface area contributed by atoms with E-state index >= 15 is 4.39 Å². The van der Waals surface area contributed by atoms with Crippen molar-refractivity contribution in [3.8, 4) is 29.0 Å². The quantitative estimate of drug-likeness (QED) is 0.177. The second-order valence-corrected chi connectivity index (χ2v) is 10.5. The number of nitrogens with two attached hydrogens (primary N) is 1. The molecule has 0 bridgehead atoms. The first-order valence-corrected chi connectivity index (χ1v) is 13.7. The summed E-state index contributed by atoms with van der Waals surface area (Å²) >= 11 is 0. The number of aliphatic carboxylic acids is 1. The van der Waals surface area contributed by atoms with Crippen molar-refractivity contribution in [1.29, 1.82) is 5.41 Å². The van der Waals surface area contributed by atoms with Crippen LogP contribution in [0.3, 0.4) is 0 Å². The van der Waals surface area contributed by atoms with Gasteiger partial charge in [-0.3, -0.25) is 15.2 Å². The summed E-state index contributed by atoms with van der Waals surface area (Å²) in [4.78, 5) is 22.4. The molecule has 2 aromatic carbocycles. The zero-order valence-corrected chi connectivity index (χ0v) is 23.4. The maximum Gasteiger partial charge on any atom is 0.306 e. The van der Waals surface area contributed by atoms with E-state index in [9.17, 15) is 15.0 Å². The maximum atomic E-state index is 16.0. The number of nitrogens with one attached hydrogen (secondary N) is 2. The monoisotopic (exact) mass is 576 g/mol. The van der Waals surface area contributed by atoms with E-state index in [2.05, 4.69) is 20.2 Å². The summed E-state index contributed by atoms with van der Waals surface area (Å²) in [6.07, 6.45) is 2.04. The minimum absolute atomic E-state index is 0.0780. The highest BCUT2D eigenvalue weighted by Crippen LogP contribution is 2.40. The number of aromatic hydroxyl groups is 1. The van der Waals surface area contributed by atoms with Gasteiger partial charge in [0, 0.05) is 36.3 Å². The predicted molar refractivity (Wildman–Crippen MR) is 156 cm³/mol. The fourth-order valence-electron chi connectivity index (χ4n) is 5.15. The van der Waals surface area contributed by atoms with Crippen molar-refractivity contribution in [1.82, 2.24) is 9.88 Å². The Bertz CT molecular complexity index is 1550. The van der Waals surface area contributed by atoms with Gasteiger partial charge in [-0.25, -0.2) is 0 Å². The van der Waals surface area contributed by atoms with Crippen LogP contribution in [0, 0.1) is 24.1 Å². The molecule has 0 amide bonds. The Labute approximate surface area is 242 Å². The van der Waals surface area contributed by atoms with Gasteiger partial charge in [0.1, 0.15) is 17.4 Å². The molecular weight excluding hydrogens is 543 g/mol. The van der Waals surface area contributed by atoms with E-state index in [0.717, 1.165) is 17.9 Å². The first kappa shape index (κ1) is 28.7. The van der Waals surface area contributed by atoms with Crippen molar-refractivity contribution in [2.24, 2.45) is 16.6 Å². The molecule has 220 valence electrons. The molecule has 1 fully saturated rings. The lowest BCUT2D eigenvalue weighted by molar-refractivity contribution is -0.142. The number of phenols is 1. The number of hydrogen-bond donors (Lipinski definition) is 5. The first-order chi connectivity index (χ1) is 20.1. The molecule has 0 atom stereocenters. The van der Waals surface area contributed by atoms with Crippen LogP contribution in [0.15, 0.2) is 47.5 Å². The van der Waals surface area contributed by atoms with Gasteiger partial charge in [-0.1, -0.05) is 12.1 Å². The van der Waals surface area contributed by atoms with Crippen LogP contribution in [0.4, 0.5) is 10.1 Å². The third-order valence-corrected chi connectivity index (χ3v) is 7.57. The molecule has 3 aromatic rings. The molecule has 0 radical (unpaired) electrons. The number of halogens is 1. The summed E-state index contributed by atoms with van der Waals surface area (Å²) in [5.74, 6) is -1.81. The molecule has 11 nitrogen and oxygen atoms in total. The molecule has 1 aliphatic carbocycles. The van der Waals surface area contributed by atoms with Crippen molar-refractivity contribution in [2.45, 2.75) is 38.6 Å². The number of nitrogen functional groups attached to an aromatic ring is 1. The molecule has 5 rings (SSSR count). The minimum Gasteiger partial charge on any atom is -0.504 e. The van der Waals surface area contributed by atoms with Crippen LogP contribution >= 0.6 is 0 Å². The molecule has 6 N–H and O–H groups in total. The molecule has 12 heteroatoms. The summed E-state index contributed by atoms with van der Waals surface area (Å²) in [7, 11) is 1.97. The summed E-state index contributed by atoms with van der Waals surface area (Å²) in [5.41, 5.74) is 7.22. The normalized spacial score (nSPS) is 18.4. The van der Waals surface area contributed by atoms with Crippen LogP contribution in [0.25, 0.3) is 0 Å². The number of carboxylic acid groups (broad SMARTS) is 1. The Balaban J connectivity index is 1.51. The maximum absolute atomic E-state index is 16.0. The number of ether oxygens (including phenoxy) is 2. The van der Waals surface area contributed by atoms with E-state index in [0.29, 0.717) is 43.5 Å². The molecule has 42 heavy (non-hydrogen) atoms. The fraction of sp³-hybridized carbons (Fsp3) is 0.333. The number of phenolic OH excluding ortho intramolecular Hbond substituents is 1. The zero-order valence-electron chi connectivity index (χ0n) is 23.4. The van der Waals surface area contributed by atoms with Crippen molar-refractivity contribution in [3.63, 3.8) is 0 Å². The van der Waals surface area contributed by atoms with Gasteiger partial charge < -0.3 is 35.6 Å². The Morgan fingerprint density at radius 1 is 1.14 bits per heavy atom. The lowest BCUT2D eigenvalue weighted by Gasteiger charge is -2.28. The van der Waals surface area contributed by atoms with Crippen LogP contribution in [0.2, 0.25) is 0 Å². The average molecular weight is 577 g/mol. The smallest absolute Gasteiger partial charge is 0.306 e. The number of likely N-dealkylation sites (N-methyl/N-ethyl adjacent to an activating group) is 1. The van der Waals surface area contributed by atoms with Gasteiger partial charge in [0.25, 0.3) is 5.88 Å². The van der Waals surface area contributed by atoms with Crippen molar-refractivity contribution in [2.75, 3.05) is 25.5 Å². The average Bonchev–Trinajstić information content (AvgIpc) is 3.40. The summed E-state index contributed by atoms with van der Waals surface area (Å²) in [5, 5.41) is 30.7. The van der Waals surface area contributed by atoms with Gasteiger partial charge in [0.05, 0.1) is 18.2 Å². The van der Waals surface area contributed by atoms with Crippen LogP contribution in [0.1, 0.15) is 42.4 Å². The van der Waals surface area contributed by atoms with Gasteiger partial charge in [-0.2, -0.15) is 9.37 Å². The number of anilines is 1. The van der Waals surface area contributed by atoms with Crippen molar-refractivity contribution < 1.29 is 28.9 Å². The summed E-state index contributed by atoms with van der Waals surface area (Å²) in [6.45, 7) is 3.20. The van der Waals surface area contributed by atoms with Crippen LogP contribution < -0.4 is 20.5 Å². The van der Waals surface area contributed by atoms with E-state index in [-0.39, 0.29) is 40.5 Å². The highest BCUT2D eigenvalue weighted by Gasteiger charge is 2.29. The third kappa shape index (κ3) is 6.07. The van der Waals surface area contributed by atoms with Crippen molar-refractivity contribution in [3.05, 3.63) is 65.0 Å². The highest BCUT2D eigenvalue weighted by atomic mass is 19.1. The Kier molecular flexibility index (Phi) is 8.14. The van der Waals surface area contributed by atoms with Crippen LogP contribution in [-0.2, 0) is 4.79 Å². The molecule has 2 heterocycles. The number of carboxylic acids is 1. The minimum atomic E-state index is -0.823. The second-order valence-electron chi connectivity index (χ2n) is 10.5. The van der Waals surface area contributed by atoms with E-state index in [1.54, 1.807) is 13.0 Å². The fourth-order valence-corrected chi connectivity index (χ4v) is 5.15. The first-order valence-electron chi connectivity index (χ1n) is 13.7. The summed E-state index contributed by atoms with van der Waals surface area (Å²) < 4.78 is 28.0. The predicted octanol–water partition coefficient (Wildman–Crippen LogP) is 4.85. The number of rotatable bonds is 9. The zero-order chi connectivity index (χ0) is 30.0. The van der Waals surface area contributed by atoms with E-state index < -0.39 is 23.6 Å². The van der Waals surface area contributed by atoms with Crippen molar-refractivity contribution >= 4 is 23.3 Å². The second kappa shape index (κ2) is 11.9. The molecule has 0 unspecified atom stereocenters. The lowest BCUT2D eigenvalue weighted by atomic mass is 9.86. The molecular formula is C30H33FN6O5. The van der Waals surface area contributed by atoms with Crippen LogP contribution in [-0.4, -0.2) is 63.9 Å².